The van der Waals surface area contributed by atoms with Crippen LogP contribution in [0.1, 0.15) is 29.5 Å². The SMILES string of the molecule is O=C(Cc1cccc(Cl)c1)N1CCCCc2cc(C(O)(C(F)(F)F)C(F)(F)F)ccc21. The fraction of sp³-hybridized carbons (Fsp3) is 0.381. The smallest absolute Gasteiger partial charge is 0.369 e. The lowest BCUT2D eigenvalue weighted by atomic mass is 9.89. The number of hydrogen-bond acceptors (Lipinski definition) is 2. The summed E-state index contributed by atoms with van der Waals surface area (Å²) in [6.07, 6.45) is -10.8. The number of nitrogens with zero attached hydrogens (tertiary/aromatic N) is 1. The van der Waals surface area contributed by atoms with Gasteiger partial charge in [0, 0.05) is 22.8 Å². The van der Waals surface area contributed by atoms with Gasteiger partial charge in [-0.2, -0.15) is 26.3 Å². The third-order valence-electron chi connectivity index (χ3n) is 5.23. The molecular formula is C21H18ClF6NO2. The number of carbonyl (C=O) groups is 1. The molecule has 1 N–H and O–H groups in total. The zero-order valence-electron chi connectivity index (χ0n) is 16.0. The average Bonchev–Trinajstić information content (AvgIpc) is 2.87. The van der Waals surface area contributed by atoms with Crippen LogP contribution in [0.15, 0.2) is 42.5 Å². The topological polar surface area (TPSA) is 40.5 Å². The molecule has 0 atom stereocenters. The van der Waals surface area contributed by atoms with E-state index >= 15 is 0 Å². The van der Waals surface area contributed by atoms with Crippen molar-refractivity contribution in [3.8, 4) is 0 Å². The van der Waals surface area contributed by atoms with E-state index in [0.717, 1.165) is 6.07 Å². The second-order valence-electron chi connectivity index (χ2n) is 7.36. The molecule has 0 spiro atoms. The van der Waals surface area contributed by atoms with Gasteiger partial charge in [0.15, 0.2) is 0 Å². The van der Waals surface area contributed by atoms with Gasteiger partial charge in [-0.15, -0.1) is 0 Å². The van der Waals surface area contributed by atoms with E-state index in [2.05, 4.69) is 0 Å². The number of alkyl halides is 6. The monoisotopic (exact) mass is 465 g/mol. The summed E-state index contributed by atoms with van der Waals surface area (Å²) in [6, 6.07) is 8.91. The maximum atomic E-state index is 13.2. The first-order chi connectivity index (χ1) is 14.3. The number of amides is 1. The van der Waals surface area contributed by atoms with Crippen molar-refractivity contribution in [1.29, 1.82) is 0 Å². The highest BCUT2D eigenvalue weighted by Crippen LogP contribution is 2.50. The Morgan fingerprint density at radius 2 is 1.68 bits per heavy atom. The summed E-state index contributed by atoms with van der Waals surface area (Å²) in [7, 11) is 0. The van der Waals surface area contributed by atoms with Gasteiger partial charge in [0.1, 0.15) is 0 Å². The van der Waals surface area contributed by atoms with E-state index in [1.165, 1.54) is 4.90 Å². The Kier molecular flexibility index (Phi) is 6.30. The van der Waals surface area contributed by atoms with Crippen molar-refractivity contribution >= 4 is 23.2 Å². The molecule has 1 amide bonds. The summed E-state index contributed by atoms with van der Waals surface area (Å²) < 4.78 is 79.4. The second kappa shape index (κ2) is 8.35. The Morgan fingerprint density at radius 3 is 2.29 bits per heavy atom. The summed E-state index contributed by atoms with van der Waals surface area (Å²) in [5, 5.41) is 10.1. The lowest BCUT2D eigenvalue weighted by Crippen LogP contribution is -2.54. The summed E-state index contributed by atoms with van der Waals surface area (Å²) >= 11 is 5.92. The first-order valence-corrected chi connectivity index (χ1v) is 9.76. The summed E-state index contributed by atoms with van der Waals surface area (Å²) in [4.78, 5) is 14.2. The predicted octanol–water partition coefficient (Wildman–Crippen LogP) is 5.56. The number of aliphatic hydroxyl groups is 1. The molecule has 0 aliphatic carbocycles. The number of hydrogen-bond donors (Lipinski definition) is 1. The molecule has 168 valence electrons. The van der Waals surface area contributed by atoms with Gasteiger partial charge in [0.05, 0.1) is 6.42 Å². The Labute approximate surface area is 179 Å². The lowest BCUT2D eigenvalue weighted by Gasteiger charge is -2.33. The zero-order valence-corrected chi connectivity index (χ0v) is 16.8. The van der Waals surface area contributed by atoms with Gasteiger partial charge >= 0.3 is 12.4 Å². The first kappa shape index (κ1) is 23.4. The minimum Gasteiger partial charge on any atom is -0.369 e. The Balaban J connectivity index is 1.99. The predicted molar refractivity (Wildman–Crippen MR) is 103 cm³/mol. The van der Waals surface area contributed by atoms with Crippen LogP contribution < -0.4 is 4.90 Å². The molecule has 2 aromatic carbocycles. The van der Waals surface area contributed by atoms with E-state index in [0.29, 0.717) is 35.6 Å². The minimum absolute atomic E-state index is 0.0310. The number of aryl methyl sites for hydroxylation is 1. The van der Waals surface area contributed by atoms with Gasteiger partial charge in [0.2, 0.25) is 5.91 Å². The Bertz CT molecular complexity index is 959. The van der Waals surface area contributed by atoms with E-state index in [1.54, 1.807) is 24.3 Å². The van der Waals surface area contributed by atoms with E-state index in [4.69, 9.17) is 11.6 Å². The molecule has 1 heterocycles. The average molecular weight is 466 g/mol. The van der Waals surface area contributed by atoms with Gasteiger partial charge in [-0.3, -0.25) is 4.79 Å². The van der Waals surface area contributed by atoms with Crippen molar-refractivity contribution < 1.29 is 36.2 Å². The fourth-order valence-electron chi connectivity index (χ4n) is 3.64. The molecule has 0 fully saturated rings. The van der Waals surface area contributed by atoms with Crippen LogP contribution in [0, 0.1) is 0 Å². The third-order valence-corrected chi connectivity index (χ3v) is 5.47. The highest BCUT2D eigenvalue weighted by molar-refractivity contribution is 6.30. The maximum absolute atomic E-state index is 13.2. The largest absolute Gasteiger partial charge is 0.430 e. The molecule has 0 bridgehead atoms. The van der Waals surface area contributed by atoms with Crippen LogP contribution in [0.25, 0.3) is 0 Å². The number of fused-ring (bicyclic) bond motifs is 1. The van der Waals surface area contributed by atoms with E-state index < -0.39 is 23.5 Å². The summed E-state index contributed by atoms with van der Waals surface area (Å²) in [5.74, 6) is -0.361. The van der Waals surface area contributed by atoms with Crippen LogP contribution in [0.5, 0.6) is 0 Å². The second-order valence-corrected chi connectivity index (χ2v) is 7.80. The molecule has 31 heavy (non-hydrogen) atoms. The van der Waals surface area contributed by atoms with Gasteiger partial charge in [-0.1, -0.05) is 35.9 Å². The van der Waals surface area contributed by atoms with E-state index in [9.17, 15) is 36.2 Å². The number of anilines is 1. The molecule has 0 radical (unpaired) electrons. The molecular weight excluding hydrogens is 448 g/mol. The third kappa shape index (κ3) is 4.52. The molecule has 1 aliphatic rings. The molecule has 1 aliphatic heterocycles. The van der Waals surface area contributed by atoms with Gasteiger partial charge in [-0.05, 0) is 48.6 Å². The molecule has 0 saturated heterocycles. The van der Waals surface area contributed by atoms with E-state index in [1.807, 2.05) is 0 Å². The van der Waals surface area contributed by atoms with Crippen molar-refractivity contribution in [3.05, 3.63) is 64.2 Å². The van der Waals surface area contributed by atoms with Gasteiger partial charge < -0.3 is 10.0 Å². The first-order valence-electron chi connectivity index (χ1n) is 9.38. The van der Waals surface area contributed by atoms with Crippen molar-refractivity contribution in [2.24, 2.45) is 0 Å². The van der Waals surface area contributed by atoms with Crippen molar-refractivity contribution in [2.45, 2.75) is 43.6 Å². The van der Waals surface area contributed by atoms with Crippen LogP contribution >= 0.6 is 11.6 Å². The normalized spacial score (nSPS) is 15.4. The fourth-order valence-corrected chi connectivity index (χ4v) is 3.86. The number of rotatable bonds is 3. The van der Waals surface area contributed by atoms with Crippen LogP contribution in [0.4, 0.5) is 32.0 Å². The summed E-state index contributed by atoms with van der Waals surface area (Å²) in [6.45, 7) is 0.272. The quantitative estimate of drug-likeness (QED) is 0.603. The molecule has 0 aromatic heterocycles. The van der Waals surface area contributed by atoms with Crippen molar-refractivity contribution in [1.82, 2.24) is 0 Å². The molecule has 3 nitrogen and oxygen atoms in total. The Morgan fingerprint density at radius 1 is 1.00 bits per heavy atom. The number of halogens is 7. The van der Waals surface area contributed by atoms with Crippen molar-refractivity contribution in [3.63, 3.8) is 0 Å². The van der Waals surface area contributed by atoms with Gasteiger partial charge in [0.25, 0.3) is 5.60 Å². The molecule has 10 heteroatoms. The standard InChI is InChI=1S/C21H18ClF6NO2/c22-16-6-3-4-13(10-16)11-18(30)29-9-2-1-5-14-12-15(7-8-17(14)29)19(31,20(23,24)25)21(26,27)28/h3-4,6-8,10,12,31H,1-2,5,9,11H2. The highest BCUT2D eigenvalue weighted by Gasteiger charge is 2.71. The number of benzene rings is 2. The molecule has 2 aromatic rings. The lowest BCUT2D eigenvalue weighted by molar-refractivity contribution is -0.376. The highest BCUT2D eigenvalue weighted by atomic mass is 35.5. The van der Waals surface area contributed by atoms with Crippen LogP contribution in [-0.2, 0) is 23.2 Å². The summed E-state index contributed by atoms with van der Waals surface area (Å²) in [5.41, 5.74) is -5.32. The van der Waals surface area contributed by atoms with Crippen LogP contribution in [0.3, 0.4) is 0 Å². The van der Waals surface area contributed by atoms with Crippen molar-refractivity contribution in [2.75, 3.05) is 11.4 Å². The molecule has 0 saturated carbocycles. The van der Waals surface area contributed by atoms with Crippen LogP contribution in [-0.4, -0.2) is 29.9 Å². The number of carbonyl (C=O) groups excluding carboxylic acids is 1. The Hall–Kier alpha value is -2.26. The molecule has 3 rings (SSSR count). The van der Waals surface area contributed by atoms with E-state index in [-0.39, 0.29) is 36.5 Å². The molecule has 0 unspecified atom stereocenters. The minimum atomic E-state index is -5.97. The zero-order chi connectivity index (χ0) is 23.0. The van der Waals surface area contributed by atoms with Gasteiger partial charge in [-0.25, -0.2) is 0 Å². The van der Waals surface area contributed by atoms with Crippen LogP contribution in [0.2, 0.25) is 5.02 Å². The maximum Gasteiger partial charge on any atom is 0.430 e.